The summed E-state index contributed by atoms with van der Waals surface area (Å²) in [5.41, 5.74) is -0.439. The number of ether oxygens (including phenoxy) is 2. The van der Waals surface area contributed by atoms with E-state index >= 15 is 0 Å². The smallest absolute Gasteiger partial charge is 0.331 e. The first-order valence-electron chi connectivity index (χ1n) is 8.93. The lowest BCUT2D eigenvalue weighted by molar-refractivity contribution is -0.152. The van der Waals surface area contributed by atoms with Crippen LogP contribution in [-0.4, -0.2) is 43.1 Å². The second-order valence-electron chi connectivity index (χ2n) is 6.83. The molecule has 1 saturated carbocycles. The van der Waals surface area contributed by atoms with Crippen molar-refractivity contribution in [3.8, 4) is 5.75 Å². The average molecular weight is 360 g/mol. The molecular weight excluding hydrogens is 336 g/mol. The number of amides is 2. The van der Waals surface area contributed by atoms with Crippen molar-refractivity contribution in [2.75, 3.05) is 18.6 Å². The van der Waals surface area contributed by atoms with Crippen LogP contribution in [0.25, 0.3) is 0 Å². The first-order chi connectivity index (χ1) is 12.5. The van der Waals surface area contributed by atoms with E-state index in [1.54, 1.807) is 25.1 Å². The normalized spacial score (nSPS) is 21.4. The van der Waals surface area contributed by atoms with Crippen molar-refractivity contribution < 1.29 is 23.9 Å². The lowest BCUT2D eigenvalue weighted by Gasteiger charge is -2.37. The predicted molar refractivity (Wildman–Crippen MR) is 94.9 cm³/mol. The Hall–Kier alpha value is -2.57. The minimum Gasteiger partial charge on any atom is -0.479 e. The highest BCUT2D eigenvalue weighted by Gasteiger charge is 2.43. The van der Waals surface area contributed by atoms with E-state index in [0.29, 0.717) is 24.3 Å². The first kappa shape index (κ1) is 18.2. The fraction of sp³-hybridized carbons (Fsp3) is 0.526. The van der Waals surface area contributed by atoms with Gasteiger partial charge in [0.25, 0.3) is 5.91 Å². The van der Waals surface area contributed by atoms with Gasteiger partial charge in [-0.2, -0.15) is 0 Å². The molecule has 2 amide bonds. The van der Waals surface area contributed by atoms with Crippen molar-refractivity contribution in [1.29, 1.82) is 0 Å². The first-order valence-corrected chi connectivity index (χ1v) is 8.93. The quantitative estimate of drug-likeness (QED) is 0.828. The number of benzene rings is 1. The summed E-state index contributed by atoms with van der Waals surface area (Å²) in [6.07, 6.45) is 3.17. The van der Waals surface area contributed by atoms with Gasteiger partial charge in [-0.1, -0.05) is 31.4 Å². The molecule has 0 aromatic heterocycles. The van der Waals surface area contributed by atoms with Crippen LogP contribution in [0.3, 0.4) is 0 Å². The largest absolute Gasteiger partial charge is 0.479 e. The number of methoxy groups -OCH3 is 1. The van der Waals surface area contributed by atoms with Gasteiger partial charge < -0.3 is 14.8 Å². The zero-order chi connectivity index (χ0) is 18.7. The zero-order valence-corrected chi connectivity index (χ0v) is 15.1. The maximum atomic E-state index is 12.7. The van der Waals surface area contributed by atoms with E-state index < -0.39 is 17.6 Å². The van der Waals surface area contributed by atoms with Crippen LogP contribution in [0.5, 0.6) is 5.75 Å². The summed E-state index contributed by atoms with van der Waals surface area (Å²) >= 11 is 0. The van der Waals surface area contributed by atoms with Crippen molar-refractivity contribution in [1.82, 2.24) is 5.32 Å². The van der Waals surface area contributed by atoms with Gasteiger partial charge in [0.15, 0.2) is 6.10 Å². The third-order valence-electron chi connectivity index (χ3n) is 5.04. The second-order valence-corrected chi connectivity index (χ2v) is 6.83. The van der Waals surface area contributed by atoms with Crippen molar-refractivity contribution in [3.05, 3.63) is 24.3 Å². The van der Waals surface area contributed by atoms with E-state index in [4.69, 9.17) is 9.47 Å². The summed E-state index contributed by atoms with van der Waals surface area (Å²) in [5, 5.41) is 2.85. The maximum absolute atomic E-state index is 12.7. The molecule has 2 aliphatic rings. The highest BCUT2D eigenvalue weighted by molar-refractivity contribution is 6.04. The molecule has 26 heavy (non-hydrogen) atoms. The van der Waals surface area contributed by atoms with E-state index in [1.165, 1.54) is 12.0 Å². The molecule has 1 heterocycles. The number of fused-ring (bicyclic) bond motifs is 1. The Morgan fingerprint density at radius 1 is 1.27 bits per heavy atom. The molecule has 1 aliphatic carbocycles. The molecular formula is C19H24N2O5. The number of nitrogens with zero attached hydrogens (tertiary/aromatic N) is 1. The number of esters is 1. The van der Waals surface area contributed by atoms with Crippen molar-refractivity contribution in [2.45, 2.75) is 50.7 Å². The van der Waals surface area contributed by atoms with Gasteiger partial charge in [-0.25, -0.2) is 4.79 Å². The molecule has 1 aliphatic heterocycles. The lowest BCUT2D eigenvalue weighted by atomic mass is 9.81. The molecule has 1 N–H and O–H groups in total. The number of hydrogen-bond donors (Lipinski definition) is 1. The van der Waals surface area contributed by atoms with Crippen LogP contribution in [0.4, 0.5) is 5.69 Å². The van der Waals surface area contributed by atoms with Crippen molar-refractivity contribution in [2.24, 2.45) is 0 Å². The summed E-state index contributed by atoms with van der Waals surface area (Å²) in [5.74, 6) is -0.524. The standard InChI is InChI=1S/C19H24N2O5/c1-13-17(23)21(14-8-4-5-9-15(14)26-13)12-16(22)20-19(18(24)25-2)10-6-3-7-11-19/h4-5,8-9,13H,3,6-7,10-12H2,1-2H3,(H,20,22). The number of rotatable bonds is 4. The van der Waals surface area contributed by atoms with Gasteiger partial charge in [0.2, 0.25) is 5.91 Å². The number of nitrogens with one attached hydrogen (secondary N) is 1. The predicted octanol–water partition coefficient (Wildman–Crippen LogP) is 1.79. The van der Waals surface area contributed by atoms with E-state index in [0.717, 1.165) is 19.3 Å². The van der Waals surface area contributed by atoms with Crippen molar-refractivity contribution in [3.63, 3.8) is 0 Å². The van der Waals surface area contributed by atoms with Crippen molar-refractivity contribution >= 4 is 23.5 Å². The van der Waals surface area contributed by atoms with E-state index in [2.05, 4.69) is 5.32 Å². The lowest BCUT2D eigenvalue weighted by Crippen LogP contribution is -2.59. The summed E-state index contributed by atoms with van der Waals surface area (Å²) in [6.45, 7) is 1.49. The van der Waals surface area contributed by atoms with Gasteiger partial charge in [-0.15, -0.1) is 0 Å². The molecule has 1 fully saturated rings. The third kappa shape index (κ3) is 3.38. The fourth-order valence-electron chi connectivity index (χ4n) is 3.70. The Labute approximate surface area is 152 Å². The molecule has 1 aromatic carbocycles. The van der Waals surface area contributed by atoms with Crippen LogP contribution in [0.1, 0.15) is 39.0 Å². The molecule has 7 heteroatoms. The van der Waals surface area contributed by atoms with E-state index in [-0.39, 0.29) is 18.4 Å². The molecule has 3 rings (SSSR count). The molecule has 1 unspecified atom stereocenters. The third-order valence-corrected chi connectivity index (χ3v) is 5.04. The molecule has 1 aromatic rings. The van der Waals surface area contributed by atoms with Gasteiger partial charge in [0, 0.05) is 0 Å². The van der Waals surface area contributed by atoms with Crippen LogP contribution in [0, 0.1) is 0 Å². The van der Waals surface area contributed by atoms with Crippen LogP contribution in [0.2, 0.25) is 0 Å². The summed E-state index contributed by atoms with van der Waals surface area (Å²) in [6, 6.07) is 7.10. The zero-order valence-electron chi connectivity index (χ0n) is 15.1. The molecule has 0 bridgehead atoms. The highest BCUT2D eigenvalue weighted by Crippen LogP contribution is 2.34. The second kappa shape index (κ2) is 7.35. The van der Waals surface area contributed by atoms with Gasteiger partial charge in [0.05, 0.1) is 12.8 Å². The Morgan fingerprint density at radius 3 is 2.65 bits per heavy atom. The molecule has 0 radical (unpaired) electrons. The summed E-state index contributed by atoms with van der Waals surface area (Å²) < 4.78 is 10.5. The molecule has 1 atom stereocenters. The molecule has 7 nitrogen and oxygen atoms in total. The van der Waals surface area contributed by atoms with Gasteiger partial charge in [-0.05, 0) is 31.9 Å². The topological polar surface area (TPSA) is 84.9 Å². The highest BCUT2D eigenvalue weighted by atomic mass is 16.5. The van der Waals surface area contributed by atoms with Gasteiger partial charge in [-0.3, -0.25) is 14.5 Å². The number of carbonyl (C=O) groups is 3. The van der Waals surface area contributed by atoms with E-state index in [9.17, 15) is 14.4 Å². The Bertz CT molecular complexity index is 712. The Morgan fingerprint density at radius 2 is 1.96 bits per heavy atom. The van der Waals surface area contributed by atoms with E-state index in [1.807, 2.05) is 6.07 Å². The van der Waals surface area contributed by atoms with Crippen LogP contribution < -0.4 is 15.0 Å². The Kier molecular flexibility index (Phi) is 5.15. The number of anilines is 1. The fourth-order valence-corrected chi connectivity index (χ4v) is 3.70. The molecule has 140 valence electrons. The molecule has 0 saturated heterocycles. The minimum atomic E-state index is -0.995. The monoisotopic (exact) mass is 360 g/mol. The van der Waals surface area contributed by atoms with Crippen LogP contribution in [-0.2, 0) is 19.1 Å². The maximum Gasteiger partial charge on any atom is 0.331 e. The summed E-state index contributed by atoms with van der Waals surface area (Å²) in [4.78, 5) is 38.9. The SMILES string of the molecule is COC(=O)C1(NC(=O)CN2C(=O)C(C)Oc3ccccc32)CCCCC1. The number of hydrogen-bond acceptors (Lipinski definition) is 5. The summed E-state index contributed by atoms with van der Waals surface area (Å²) in [7, 11) is 1.33. The Balaban J connectivity index is 1.78. The number of carbonyl (C=O) groups excluding carboxylic acids is 3. The van der Waals surface area contributed by atoms with Crippen LogP contribution in [0.15, 0.2) is 24.3 Å². The average Bonchev–Trinajstić information content (AvgIpc) is 2.65. The van der Waals surface area contributed by atoms with Gasteiger partial charge in [0.1, 0.15) is 17.8 Å². The van der Waals surface area contributed by atoms with Gasteiger partial charge >= 0.3 is 5.97 Å². The molecule has 0 spiro atoms. The number of para-hydroxylation sites is 2. The minimum absolute atomic E-state index is 0.164. The van der Waals surface area contributed by atoms with Crippen LogP contribution >= 0.6 is 0 Å².